The van der Waals surface area contributed by atoms with Crippen LogP contribution in [0.1, 0.15) is 44.2 Å². The molecule has 136 valence electrons. The summed E-state index contributed by atoms with van der Waals surface area (Å²) in [6, 6.07) is 20.2. The Morgan fingerprint density at radius 1 is 1.00 bits per heavy atom. The van der Waals surface area contributed by atoms with Gasteiger partial charge in [0.25, 0.3) is 0 Å². The fourth-order valence-electron chi connectivity index (χ4n) is 3.38. The van der Waals surface area contributed by atoms with Gasteiger partial charge in [0, 0.05) is 5.41 Å². The summed E-state index contributed by atoms with van der Waals surface area (Å²) in [5, 5.41) is 0. The summed E-state index contributed by atoms with van der Waals surface area (Å²) in [5.74, 6) is -0.0510. The van der Waals surface area contributed by atoms with Gasteiger partial charge in [0.1, 0.15) is 0 Å². The molecule has 2 rings (SSSR count). The van der Waals surface area contributed by atoms with Gasteiger partial charge in [-0.3, -0.25) is 4.52 Å². The molecule has 2 N–H and O–H groups in total. The predicted octanol–water partition coefficient (Wildman–Crippen LogP) is 4.91. The molecule has 2 aromatic carbocycles. The van der Waals surface area contributed by atoms with Gasteiger partial charge in [-0.2, -0.15) is 0 Å². The normalized spacial score (nSPS) is 13.6. The maximum atomic E-state index is 11.3. The van der Waals surface area contributed by atoms with Crippen molar-refractivity contribution in [3.8, 4) is 0 Å². The molecule has 1 unspecified atom stereocenters. The number of hydrogen-bond acceptors (Lipinski definition) is 2. The summed E-state index contributed by atoms with van der Waals surface area (Å²) in [6.07, 6.45) is 2.83. The molecule has 2 aromatic rings. The van der Waals surface area contributed by atoms with Gasteiger partial charge in [-0.1, -0.05) is 87.4 Å². The van der Waals surface area contributed by atoms with Crippen molar-refractivity contribution in [1.82, 2.24) is 0 Å². The number of benzene rings is 2. The Bertz CT molecular complexity index is 642. The van der Waals surface area contributed by atoms with Gasteiger partial charge < -0.3 is 9.79 Å². The van der Waals surface area contributed by atoms with Gasteiger partial charge in [-0.05, 0) is 23.5 Å². The quantitative estimate of drug-likeness (QED) is 0.622. The highest BCUT2D eigenvalue weighted by molar-refractivity contribution is 7.46. The molecule has 0 saturated heterocycles. The topological polar surface area (TPSA) is 66.8 Å². The van der Waals surface area contributed by atoms with Crippen LogP contribution in [0.25, 0.3) is 0 Å². The summed E-state index contributed by atoms with van der Waals surface area (Å²) in [7, 11) is -4.50. The van der Waals surface area contributed by atoms with Crippen LogP contribution in [0.2, 0.25) is 0 Å². The molecule has 0 amide bonds. The lowest BCUT2D eigenvalue weighted by Gasteiger charge is -2.39. The van der Waals surface area contributed by atoms with E-state index < -0.39 is 13.2 Å². The van der Waals surface area contributed by atoms with E-state index in [2.05, 4.69) is 38.1 Å². The molecule has 25 heavy (non-hydrogen) atoms. The Morgan fingerprint density at radius 3 is 1.88 bits per heavy atom. The van der Waals surface area contributed by atoms with Crippen LogP contribution >= 0.6 is 7.82 Å². The highest BCUT2D eigenvalue weighted by Crippen LogP contribution is 2.44. The summed E-state index contributed by atoms with van der Waals surface area (Å²) < 4.78 is 16.2. The first-order chi connectivity index (χ1) is 11.9. The molecule has 5 heteroatoms. The molecule has 0 radical (unpaired) electrons. The molecule has 0 aliphatic heterocycles. The molecule has 0 fully saturated rings. The minimum Gasteiger partial charge on any atom is -0.303 e. The Balaban J connectivity index is 2.47. The van der Waals surface area contributed by atoms with Crippen LogP contribution in [0, 0.1) is 5.92 Å². The van der Waals surface area contributed by atoms with Gasteiger partial charge >= 0.3 is 7.82 Å². The second-order valence-electron chi connectivity index (χ2n) is 6.56. The molecule has 0 bridgehead atoms. The smallest absolute Gasteiger partial charge is 0.303 e. The van der Waals surface area contributed by atoms with Gasteiger partial charge in [0.15, 0.2) is 0 Å². The zero-order valence-corrected chi connectivity index (χ0v) is 15.7. The van der Waals surface area contributed by atoms with Crippen molar-refractivity contribution in [2.45, 2.75) is 38.5 Å². The first kappa shape index (κ1) is 19.9. The number of unbranched alkanes of at least 4 members (excludes halogenated alkanes) is 1. The van der Waals surface area contributed by atoms with E-state index in [1.54, 1.807) is 0 Å². The van der Waals surface area contributed by atoms with Crippen molar-refractivity contribution >= 4 is 7.82 Å². The largest absolute Gasteiger partial charge is 0.469 e. The Labute approximate surface area is 150 Å². The summed E-state index contributed by atoms with van der Waals surface area (Å²) in [4.78, 5) is 18.4. The third-order valence-electron chi connectivity index (χ3n) is 4.91. The molecular formula is C20H27O4P. The van der Waals surface area contributed by atoms with Crippen molar-refractivity contribution in [1.29, 1.82) is 0 Å². The van der Waals surface area contributed by atoms with Gasteiger partial charge in [0.05, 0.1) is 6.61 Å². The molecule has 0 aliphatic carbocycles. The number of hydrogen-bond donors (Lipinski definition) is 2. The van der Waals surface area contributed by atoms with Crippen LogP contribution < -0.4 is 0 Å². The molecule has 1 atom stereocenters. The number of phosphoric acid groups is 1. The predicted molar refractivity (Wildman–Crippen MR) is 100 cm³/mol. The van der Waals surface area contributed by atoms with E-state index in [9.17, 15) is 14.4 Å². The summed E-state index contributed by atoms with van der Waals surface area (Å²) in [6.45, 7) is 4.27. The first-order valence-corrected chi connectivity index (χ1v) is 10.2. The van der Waals surface area contributed by atoms with Crippen LogP contribution in [0.3, 0.4) is 0 Å². The fourth-order valence-corrected chi connectivity index (χ4v) is 3.76. The van der Waals surface area contributed by atoms with Gasteiger partial charge in [0.2, 0.25) is 0 Å². The van der Waals surface area contributed by atoms with Crippen LogP contribution in [-0.2, 0) is 14.5 Å². The van der Waals surface area contributed by atoms with Crippen molar-refractivity contribution in [2.75, 3.05) is 6.61 Å². The average molecular weight is 362 g/mol. The van der Waals surface area contributed by atoms with Crippen molar-refractivity contribution < 1.29 is 18.9 Å². The van der Waals surface area contributed by atoms with E-state index in [-0.39, 0.29) is 12.5 Å². The summed E-state index contributed by atoms with van der Waals surface area (Å²) >= 11 is 0. The SMILES string of the molecule is CCCCC(COP(=O)(O)O)C(C)(c1ccccc1)c1ccccc1. The van der Waals surface area contributed by atoms with Crippen molar-refractivity contribution in [3.05, 3.63) is 71.8 Å². The Kier molecular flexibility index (Phi) is 6.97. The van der Waals surface area contributed by atoms with Crippen molar-refractivity contribution in [2.24, 2.45) is 5.92 Å². The van der Waals surface area contributed by atoms with Crippen LogP contribution in [-0.4, -0.2) is 16.4 Å². The van der Waals surface area contributed by atoms with E-state index in [1.807, 2.05) is 36.4 Å². The highest BCUT2D eigenvalue weighted by Gasteiger charge is 2.38. The Morgan fingerprint density at radius 2 is 1.48 bits per heavy atom. The standard InChI is InChI=1S/C20H27O4P/c1-3-4-11-19(16-24-25(21,22)23)20(2,17-12-7-5-8-13-17)18-14-9-6-10-15-18/h5-10,12-15,19H,3-4,11,16H2,1-2H3,(H2,21,22,23). The maximum Gasteiger partial charge on any atom is 0.469 e. The lowest BCUT2D eigenvalue weighted by Crippen LogP contribution is -2.36. The molecule has 0 aliphatic rings. The van der Waals surface area contributed by atoms with E-state index in [4.69, 9.17) is 4.52 Å². The lowest BCUT2D eigenvalue weighted by molar-refractivity contribution is 0.136. The van der Waals surface area contributed by atoms with E-state index in [0.717, 1.165) is 30.4 Å². The number of rotatable bonds is 9. The van der Waals surface area contributed by atoms with E-state index in [1.165, 1.54) is 0 Å². The first-order valence-electron chi connectivity index (χ1n) is 8.69. The van der Waals surface area contributed by atoms with Gasteiger partial charge in [-0.25, -0.2) is 4.57 Å². The zero-order chi connectivity index (χ0) is 18.3. The summed E-state index contributed by atoms with van der Waals surface area (Å²) in [5.41, 5.74) is 1.85. The molecular weight excluding hydrogens is 335 g/mol. The molecule has 0 saturated carbocycles. The molecule has 4 nitrogen and oxygen atoms in total. The number of phosphoric ester groups is 1. The second kappa shape index (κ2) is 8.77. The zero-order valence-electron chi connectivity index (χ0n) is 14.8. The third kappa shape index (κ3) is 5.26. The maximum absolute atomic E-state index is 11.3. The average Bonchev–Trinajstić information content (AvgIpc) is 2.62. The fraction of sp³-hybridized carbons (Fsp3) is 0.400. The minimum atomic E-state index is -4.50. The van der Waals surface area contributed by atoms with Gasteiger partial charge in [-0.15, -0.1) is 0 Å². The molecule has 0 spiro atoms. The second-order valence-corrected chi connectivity index (χ2v) is 7.80. The third-order valence-corrected chi connectivity index (χ3v) is 5.40. The van der Waals surface area contributed by atoms with Crippen LogP contribution in [0.15, 0.2) is 60.7 Å². The van der Waals surface area contributed by atoms with Crippen LogP contribution in [0.4, 0.5) is 0 Å². The minimum absolute atomic E-state index is 0.0184. The van der Waals surface area contributed by atoms with E-state index in [0.29, 0.717) is 0 Å². The van der Waals surface area contributed by atoms with Crippen molar-refractivity contribution in [3.63, 3.8) is 0 Å². The lowest BCUT2D eigenvalue weighted by atomic mass is 9.66. The van der Waals surface area contributed by atoms with E-state index >= 15 is 0 Å². The molecule has 0 aromatic heterocycles. The monoisotopic (exact) mass is 362 g/mol. The highest BCUT2D eigenvalue weighted by atomic mass is 31.2. The molecule has 0 heterocycles. The Hall–Kier alpha value is -1.45. The van der Waals surface area contributed by atoms with Crippen LogP contribution in [0.5, 0.6) is 0 Å².